The Kier molecular flexibility index (Phi) is 6.86. The first kappa shape index (κ1) is 31.6. The molecule has 0 saturated carbocycles. The van der Waals surface area contributed by atoms with Crippen molar-refractivity contribution in [3.05, 3.63) is 194 Å². The summed E-state index contributed by atoms with van der Waals surface area (Å²) < 4.78 is 11.8. The van der Waals surface area contributed by atoms with Crippen molar-refractivity contribution in [2.24, 2.45) is 0 Å². The van der Waals surface area contributed by atoms with Crippen LogP contribution in [0.3, 0.4) is 0 Å². The van der Waals surface area contributed by atoms with Crippen LogP contribution in [0.15, 0.2) is 199 Å². The Morgan fingerprint density at radius 3 is 1.60 bits per heavy atom. The summed E-state index contributed by atoms with van der Waals surface area (Å²) in [6.07, 6.45) is 0. The second kappa shape index (κ2) is 12.4. The molecule has 5 nitrogen and oxygen atoms in total. The molecule has 4 aromatic heterocycles. The second-order valence-electron chi connectivity index (χ2n) is 14.5. The van der Waals surface area contributed by atoms with E-state index in [2.05, 4.69) is 179 Å². The first-order valence-corrected chi connectivity index (χ1v) is 19.3. The highest BCUT2D eigenvalue weighted by Gasteiger charge is 2.27. The molecule has 0 unspecified atom stereocenters. The lowest BCUT2D eigenvalue weighted by molar-refractivity contribution is 0.673. The van der Waals surface area contributed by atoms with Gasteiger partial charge in [-0.2, -0.15) is 0 Å². The van der Waals surface area contributed by atoms with Crippen LogP contribution in [-0.2, 0) is 0 Å². The van der Waals surface area contributed by atoms with Gasteiger partial charge in [0.1, 0.15) is 11.2 Å². The van der Waals surface area contributed by atoms with Gasteiger partial charge in [-0.3, -0.25) is 0 Å². The third-order valence-electron chi connectivity index (χ3n) is 11.3. The van der Waals surface area contributed by atoms with E-state index in [-0.39, 0.29) is 0 Å². The maximum Gasteiger partial charge on any atom is 0.160 e. The van der Waals surface area contributed by atoms with Gasteiger partial charge < -0.3 is 13.6 Å². The van der Waals surface area contributed by atoms with Gasteiger partial charge in [-0.05, 0) is 48.5 Å². The number of fused-ring (bicyclic) bond motifs is 12. The molecule has 0 aliphatic carbocycles. The van der Waals surface area contributed by atoms with Crippen molar-refractivity contribution < 1.29 is 4.42 Å². The Labute approximate surface area is 327 Å². The number of nitrogens with zero attached hydrogens (tertiary/aromatic N) is 4. The third-order valence-corrected chi connectivity index (χ3v) is 11.3. The number of rotatable bonds is 5. The molecule has 12 aromatic rings. The third kappa shape index (κ3) is 4.76. The predicted molar refractivity (Wildman–Crippen MR) is 234 cm³/mol. The topological polar surface area (TPSA) is 48.8 Å². The number of benzene rings is 8. The molecule has 0 fully saturated rings. The van der Waals surface area contributed by atoms with Crippen LogP contribution in [0, 0.1) is 0 Å². The molecule has 0 radical (unpaired) electrons. The van der Waals surface area contributed by atoms with E-state index in [1.54, 1.807) is 0 Å². The standard InChI is InChI=1S/C52H32N4O/c1-4-17-33(18-5-1)41-32-42(54-52(53-41)34-19-6-2-7-20-34)35-21-16-24-37(31-35)56-43-28-13-10-25-38(43)46-47-40-27-12-15-30-45(40)57-51(47)48-39-26-11-14-29-44(39)55(50(48)49(46)56)36-22-8-3-9-23-36/h1-32H. The summed E-state index contributed by atoms with van der Waals surface area (Å²) >= 11 is 0. The van der Waals surface area contributed by atoms with Gasteiger partial charge in [0.2, 0.25) is 0 Å². The van der Waals surface area contributed by atoms with Crippen LogP contribution in [0.5, 0.6) is 0 Å². The Bertz CT molecular complexity index is 3450. The second-order valence-corrected chi connectivity index (χ2v) is 14.5. The van der Waals surface area contributed by atoms with Crippen molar-refractivity contribution in [2.45, 2.75) is 0 Å². The highest BCUT2D eigenvalue weighted by molar-refractivity contribution is 6.39. The fourth-order valence-electron chi connectivity index (χ4n) is 8.87. The molecular formula is C52H32N4O. The van der Waals surface area contributed by atoms with Crippen LogP contribution in [0.25, 0.3) is 111 Å². The molecule has 0 aliphatic heterocycles. The molecule has 0 atom stereocenters. The highest BCUT2D eigenvalue weighted by Crippen LogP contribution is 2.49. The minimum absolute atomic E-state index is 0.692. The van der Waals surface area contributed by atoms with Crippen LogP contribution in [0.4, 0.5) is 0 Å². The Balaban J connectivity index is 1.23. The maximum absolute atomic E-state index is 6.93. The Hall–Kier alpha value is -7.76. The van der Waals surface area contributed by atoms with Crippen LogP contribution < -0.4 is 0 Å². The lowest BCUT2D eigenvalue weighted by Gasteiger charge is -2.14. The lowest BCUT2D eigenvalue weighted by atomic mass is 10.0. The summed E-state index contributed by atoms with van der Waals surface area (Å²) in [7, 11) is 0. The number of hydrogen-bond donors (Lipinski definition) is 0. The Morgan fingerprint density at radius 2 is 0.877 bits per heavy atom. The van der Waals surface area contributed by atoms with Crippen LogP contribution in [0.2, 0.25) is 0 Å². The van der Waals surface area contributed by atoms with Crippen molar-refractivity contribution in [1.29, 1.82) is 0 Å². The molecular weight excluding hydrogens is 697 g/mol. The van der Waals surface area contributed by atoms with E-state index in [4.69, 9.17) is 14.4 Å². The van der Waals surface area contributed by atoms with Crippen molar-refractivity contribution >= 4 is 65.6 Å². The minimum atomic E-state index is 0.692. The minimum Gasteiger partial charge on any atom is -0.455 e. The molecule has 266 valence electrons. The molecule has 4 heterocycles. The summed E-state index contributed by atoms with van der Waals surface area (Å²) in [4.78, 5) is 10.3. The fourth-order valence-corrected chi connectivity index (χ4v) is 8.87. The first-order valence-electron chi connectivity index (χ1n) is 19.3. The molecule has 0 aliphatic rings. The lowest BCUT2D eigenvalue weighted by Crippen LogP contribution is -2.00. The molecule has 0 spiro atoms. The van der Waals surface area contributed by atoms with E-state index in [0.717, 1.165) is 94.2 Å². The predicted octanol–water partition coefficient (Wildman–Crippen LogP) is 13.6. The van der Waals surface area contributed by atoms with E-state index < -0.39 is 0 Å². The van der Waals surface area contributed by atoms with Gasteiger partial charge in [-0.25, -0.2) is 9.97 Å². The molecule has 0 bridgehead atoms. The van der Waals surface area contributed by atoms with Crippen molar-refractivity contribution in [2.75, 3.05) is 0 Å². The highest BCUT2D eigenvalue weighted by atomic mass is 16.3. The summed E-state index contributed by atoms with van der Waals surface area (Å²) in [6, 6.07) is 68.1. The SMILES string of the molecule is c1ccc(-c2cc(-c3cccc(-n4c5ccccc5c5c6c7ccccc7oc6c6c7ccccc7n(-c7ccccc7)c6c54)c3)nc(-c3ccccc3)n2)cc1. The normalized spacial score (nSPS) is 11.9. The first-order chi connectivity index (χ1) is 28.3. The molecule has 0 amide bonds. The summed E-state index contributed by atoms with van der Waals surface area (Å²) in [5, 5.41) is 6.82. The summed E-state index contributed by atoms with van der Waals surface area (Å²) in [6.45, 7) is 0. The zero-order valence-electron chi connectivity index (χ0n) is 30.7. The van der Waals surface area contributed by atoms with E-state index >= 15 is 0 Å². The molecule has 0 N–H and O–H groups in total. The van der Waals surface area contributed by atoms with E-state index in [9.17, 15) is 0 Å². The van der Waals surface area contributed by atoms with Gasteiger partial charge in [0, 0.05) is 55.0 Å². The molecule has 57 heavy (non-hydrogen) atoms. The van der Waals surface area contributed by atoms with E-state index in [1.807, 2.05) is 24.3 Å². The maximum atomic E-state index is 6.93. The van der Waals surface area contributed by atoms with Gasteiger partial charge in [0.25, 0.3) is 0 Å². The van der Waals surface area contributed by atoms with Crippen LogP contribution >= 0.6 is 0 Å². The zero-order valence-corrected chi connectivity index (χ0v) is 30.7. The average molecular weight is 729 g/mol. The summed E-state index contributed by atoms with van der Waals surface area (Å²) in [5.74, 6) is 0.692. The van der Waals surface area contributed by atoms with Crippen LogP contribution in [-0.4, -0.2) is 19.1 Å². The fraction of sp³-hybridized carbons (Fsp3) is 0. The van der Waals surface area contributed by atoms with Crippen molar-refractivity contribution in [1.82, 2.24) is 19.1 Å². The Morgan fingerprint density at radius 1 is 0.368 bits per heavy atom. The van der Waals surface area contributed by atoms with Gasteiger partial charge in [0.05, 0.1) is 38.8 Å². The van der Waals surface area contributed by atoms with Gasteiger partial charge in [-0.15, -0.1) is 0 Å². The van der Waals surface area contributed by atoms with E-state index in [1.165, 1.54) is 10.8 Å². The summed E-state index contributed by atoms with van der Waals surface area (Å²) in [5.41, 5.74) is 13.1. The van der Waals surface area contributed by atoms with Crippen LogP contribution in [0.1, 0.15) is 0 Å². The van der Waals surface area contributed by atoms with Gasteiger partial charge in [-0.1, -0.05) is 146 Å². The molecule has 12 rings (SSSR count). The largest absolute Gasteiger partial charge is 0.455 e. The zero-order chi connectivity index (χ0) is 37.5. The number of aromatic nitrogens is 4. The quantitative estimate of drug-likeness (QED) is 0.177. The van der Waals surface area contributed by atoms with Gasteiger partial charge >= 0.3 is 0 Å². The number of para-hydroxylation sites is 4. The van der Waals surface area contributed by atoms with E-state index in [0.29, 0.717) is 5.82 Å². The van der Waals surface area contributed by atoms with Gasteiger partial charge in [0.15, 0.2) is 5.82 Å². The average Bonchev–Trinajstić information content (AvgIpc) is 3.95. The smallest absolute Gasteiger partial charge is 0.160 e. The van der Waals surface area contributed by atoms with Crippen molar-refractivity contribution in [3.63, 3.8) is 0 Å². The number of hydrogen-bond acceptors (Lipinski definition) is 3. The monoisotopic (exact) mass is 728 g/mol. The molecule has 0 saturated heterocycles. The van der Waals surface area contributed by atoms with Crippen molar-refractivity contribution in [3.8, 4) is 45.3 Å². The molecule has 5 heteroatoms. The number of furan rings is 1. The molecule has 8 aromatic carbocycles.